The minimum Gasteiger partial charge on any atom is -0.454 e. The van der Waals surface area contributed by atoms with Crippen LogP contribution < -0.4 is 5.32 Å². The van der Waals surface area contributed by atoms with E-state index in [1.165, 1.54) is 25.7 Å². The number of fused-ring (bicyclic) bond motifs is 7. The second-order valence-electron chi connectivity index (χ2n) is 21.1. The van der Waals surface area contributed by atoms with Crippen LogP contribution >= 0.6 is 0 Å². The highest BCUT2D eigenvalue weighted by atomic mass is 16.5. The second kappa shape index (κ2) is 14.2. The summed E-state index contributed by atoms with van der Waals surface area (Å²) in [5.41, 5.74) is -6.38. The zero-order chi connectivity index (χ0) is 41.2. The van der Waals surface area contributed by atoms with Gasteiger partial charge in [-0.2, -0.15) is 0 Å². The van der Waals surface area contributed by atoms with E-state index in [-0.39, 0.29) is 56.4 Å². The number of aldehydes is 1. The number of ether oxygens (including phenoxy) is 1. The number of benzene rings is 1. The van der Waals surface area contributed by atoms with E-state index >= 15 is 0 Å². The van der Waals surface area contributed by atoms with Crippen molar-refractivity contribution in [3.8, 4) is 11.8 Å². The molecule has 8 aliphatic carbocycles. The fourth-order valence-electron chi connectivity index (χ4n) is 17.3. The maximum atomic E-state index is 14.3. The van der Waals surface area contributed by atoms with E-state index < -0.39 is 69.0 Å². The zero-order valence-corrected chi connectivity index (χ0v) is 34.7. The number of carbonyl (C=O) groups excluding carboxylic acids is 2. The zero-order valence-electron chi connectivity index (χ0n) is 34.7. The lowest BCUT2D eigenvalue weighted by molar-refractivity contribution is -0.348. The Morgan fingerprint density at radius 1 is 0.949 bits per heavy atom. The fraction of sp³-hybridized carbons (Fsp3) is 0.755. The standard InChI is InChI=1S/C49H65NO9/c1-29(30-8-2-3-9-30)32-13-14-37-40(54)15-18-44(26-51)41-16-19-45-17-7-6-11-31-10-4-5-12-33(31)21-39(50-28-53)36-22-34(46(45,27-52)38-23-42(55)59-43(36)38)25-48(45,57)47(41,56)24-35(20-32)49(37,44)58/h4-5,10,12,23,26,29-30,32,34-37,39-41,43,50,52-54,56-58H,2-3,7-9,13-22,24-25,27-28H2,1H3/t29-,32+,34-,35-,36-,37-,39-,40+,41-,43+,44+,45-,46-,47+,48-,49+/m1/s1. The van der Waals surface area contributed by atoms with Crippen LogP contribution in [0.25, 0.3) is 0 Å². The van der Waals surface area contributed by atoms with Crippen molar-refractivity contribution in [3.05, 3.63) is 47.0 Å². The van der Waals surface area contributed by atoms with Crippen molar-refractivity contribution in [1.82, 2.24) is 5.32 Å². The molecule has 1 aromatic carbocycles. The summed E-state index contributed by atoms with van der Waals surface area (Å²) in [6, 6.07) is 7.62. The van der Waals surface area contributed by atoms with E-state index in [1.54, 1.807) is 6.08 Å². The molecule has 1 spiro atoms. The van der Waals surface area contributed by atoms with E-state index in [0.717, 1.165) is 23.8 Å². The van der Waals surface area contributed by atoms with Crippen molar-refractivity contribution in [3.63, 3.8) is 0 Å². The molecule has 0 radical (unpaired) electrons. The third-order valence-corrected chi connectivity index (χ3v) is 19.8. The molecule has 0 saturated heterocycles. The molecule has 1 aliphatic heterocycles. The first kappa shape index (κ1) is 40.5. The number of carbonyl (C=O) groups is 2. The molecule has 320 valence electrons. The Kier molecular flexibility index (Phi) is 9.74. The number of aliphatic hydroxyl groups is 6. The molecule has 0 amide bonds. The van der Waals surface area contributed by atoms with Crippen LogP contribution in [0.5, 0.6) is 0 Å². The highest BCUT2D eigenvalue weighted by Crippen LogP contribution is 2.81. The minimum absolute atomic E-state index is 0.0857. The van der Waals surface area contributed by atoms with E-state index in [0.29, 0.717) is 75.2 Å². The summed E-state index contributed by atoms with van der Waals surface area (Å²) in [7, 11) is 0. The van der Waals surface area contributed by atoms with Gasteiger partial charge in [0, 0.05) is 52.7 Å². The highest BCUT2D eigenvalue weighted by molar-refractivity contribution is 5.87. The van der Waals surface area contributed by atoms with Gasteiger partial charge < -0.3 is 40.2 Å². The summed E-state index contributed by atoms with van der Waals surface area (Å²) >= 11 is 0. The lowest BCUT2D eigenvalue weighted by Crippen LogP contribution is -2.81. The topological polar surface area (TPSA) is 177 Å². The van der Waals surface area contributed by atoms with Gasteiger partial charge in [-0.3, -0.25) is 5.32 Å². The lowest BCUT2D eigenvalue weighted by atomic mass is 9.34. The summed E-state index contributed by atoms with van der Waals surface area (Å²) in [4.78, 5) is 27.7. The van der Waals surface area contributed by atoms with Crippen molar-refractivity contribution >= 4 is 12.3 Å². The Hall–Kier alpha value is -2.62. The van der Waals surface area contributed by atoms with Crippen LogP contribution in [-0.2, 0) is 20.7 Å². The van der Waals surface area contributed by atoms with Gasteiger partial charge in [-0.25, -0.2) is 4.79 Å². The van der Waals surface area contributed by atoms with Gasteiger partial charge in [0.1, 0.15) is 18.0 Å². The molecule has 7 fully saturated rings. The lowest BCUT2D eigenvalue weighted by Gasteiger charge is -2.72. The van der Waals surface area contributed by atoms with Crippen LogP contribution in [0.2, 0.25) is 0 Å². The number of hydrogen-bond donors (Lipinski definition) is 7. The molecule has 1 aromatic rings. The molecule has 7 saturated carbocycles. The average Bonchev–Trinajstić information content (AvgIpc) is 3.93. The summed E-state index contributed by atoms with van der Waals surface area (Å²) in [6.45, 7) is 1.68. The third kappa shape index (κ3) is 5.13. The minimum atomic E-state index is -1.84. The first-order valence-electron chi connectivity index (χ1n) is 23.1. The smallest absolute Gasteiger partial charge is 0.331 e. The van der Waals surface area contributed by atoms with Crippen molar-refractivity contribution in [1.29, 1.82) is 0 Å². The first-order valence-corrected chi connectivity index (χ1v) is 23.1. The maximum absolute atomic E-state index is 14.3. The van der Waals surface area contributed by atoms with Gasteiger partial charge in [0.25, 0.3) is 0 Å². The Bertz CT molecular complexity index is 1950. The van der Waals surface area contributed by atoms with Crippen LogP contribution in [0.1, 0.15) is 121 Å². The fourth-order valence-corrected chi connectivity index (χ4v) is 17.3. The van der Waals surface area contributed by atoms with Gasteiger partial charge in [-0.1, -0.05) is 62.6 Å². The highest BCUT2D eigenvalue weighted by Gasteiger charge is 2.85. The van der Waals surface area contributed by atoms with E-state index in [2.05, 4.69) is 24.1 Å². The largest absolute Gasteiger partial charge is 0.454 e. The molecule has 0 aromatic heterocycles. The Morgan fingerprint density at radius 2 is 1.75 bits per heavy atom. The Morgan fingerprint density at radius 3 is 2.51 bits per heavy atom. The van der Waals surface area contributed by atoms with Crippen LogP contribution in [0.4, 0.5) is 0 Å². The normalized spacial score (nSPS) is 49.1. The molecule has 59 heavy (non-hydrogen) atoms. The average molecular weight is 812 g/mol. The Balaban J connectivity index is 1.15. The first-order chi connectivity index (χ1) is 28.4. The quantitative estimate of drug-likeness (QED) is 0.0948. The van der Waals surface area contributed by atoms with E-state index in [1.807, 2.05) is 24.3 Å². The summed E-state index contributed by atoms with van der Waals surface area (Å²) in [5.74, 6) is 5.01. The molecule has 16 atom stereocenters. The van der Waals surface area contributed by atoms with Crippen LogP contribution in [0.3, 0.4) is 0 Å². The van der Waals surface area contributed by atoms with Crippen molar-refractivity contribution in [2.45, 2.75) is 151 Å². The molecule has 10 rings (SSSR count). The molecule has 10 nitrogen and oxygen atoms in total. The summed E-state index contributed by atoms with van der Waals surface area (Å²) in [5, 5.41) is 79.4. The monoisotopic (exact) mass is 811 g/mol. The van der Waals surface area contributed by atoms with Crippen LogP contribution in [-0.4, -0.2) is 91.3 Å². The molecule has 7 N–H and O–H groups in total. The van der Waals surface area contributed by atoms with Gasteiger partial charge in [-0.05, 0) is 124 Å². The van der Waals surface area contributed by atoms with E-state index in [9.17, 15) is 40.2 Å². The third-order valence-electron chi connectivity index (χ3n) is 19.8. The maximum Gasteiger partial charge on any atom is 0.331 e. The number of aliphatic hydroxyl groups excluding tert-OH is 3. The second-order valence-corrected chi connectivity index (χ2v) is 21.1. The molecule has 4 bridgehead atoms. The Labute approximate surface area is 348 Å². The summed E-state index contributed by atoms with van der Waals surface area (Å²) in [6.07, 6.45) is 11.0. The molecular weight excluding hydrogens is 747 g/mol. The van der Waals surface area contributed by atoms with Crippen molar-refractivity contribution in [2.24, 2.45) is 63.6 Å². The van der Waals surface area contributed by atoms with Crippen molar-refractivity contribution in [2.75, 3.05) is 13.3 Å². The van der Waals surface area contributed by atoms with Gasteiger partial charge in [0.05, 0.1) is 36.1 Å². The predicted octanol–water partition coefficient (Wildman–Crippen LogP) is 4.34. The molecule has 10 heteroatoms. The molecule has 9 aliphatic rings. The number of nitrogens with one attached hydrogen (secondary N) is 1. The number of rotatable bonds is 6. The molecule has 1 heterocycles. The van der Waals surface area contributed by atoms with Crippen LogP contribution in [0, 0.1) is 75.4 Å². The molecular formula is C49H65NO9. The van der Waals surface area contributed by atoms with Gasteiger partial charge in [0.2, 0.25) is 0 Å². The summed E-state index contributed by atoms with van der Waals surface area (Å²) < 4.78 is 6.22. The number of hydrogen-bond acceptors (Lipinski definition) is 10. The van der Waals surface area contributed by atoms with Gasteiger partial charge in [0.15, 0.2) is 0 Å². The SMILES string of the molecule is C[C@H](C1CCCC1)[C@H]1CC[C@@H]2[C@@H](O)CC[C@]3(C=O)[C@H]4CC[C@@]56CCC#Cc7ccccc7C[C@@H](NCO)[C@H]7C[C@H](C[C@]5(O)[C@]4(O)C[C@@H](C1)[C@]23O)[C@]6(CO)C1=CC(=O)O[C@H]17. The number of esters is 1. The van der Waals surface area contributed by atoms with Crippen LogP contribution in [0.15, 0.2) is 35.9 Å². The van der Waals surface area contributed by atoms with Crippen molar-refractivity contribution < 1.29 is 45.0 Å². The predicted molar refractivity (Wildman–Crippen MR) is 218 cm³/mol. The molecule has 0 unspecified atom stereocenters. The van der Waals surface area contributed by atoms with Gasteiger partial charge in [-0.15, -0.1) is 0 Å². The van der Waals surface area contributed by atoms with Gasteiger partial charge >= 0.3 is 5.97 Å². The van der Waals surface area contributed by atoms with E-state index in [4.69, 9.17) is 4.74 Å².